The van der Waals surface area contributed by atoms with Crippen molar-refractivity contribution in [3.05, 3.63) is 82.2 Å². The van der Waals surface area contributed by atoms with Gasteiger partial charge in [-0.25, -0.2) is 4.79 Å². The Labute approximate surface area is 190 Å². The third kappa shape index (κ3) is 5.69. The Balaban J connectivity index is 1.48. The standard InChI is InChI=1S/C23H25N3O7/c24-26-25-12-7-13-29-23-20(32-21(28)15-8-3-1-4-9-15)18(27)19-17(31-23)14-30-22(33-19)16-10-5-2-6-11-16/h1-6,8-11,17-20,22-23,27H,7,12-14H2/t17?,18?,19-,20?,22?,23-/m1/s1. The molecule has 4 rings (SSSR count). The maximum absolute atomic E-state index is 12.7. The molecule has 174 valence electrons. The van der Waals surface area contributed by atoms with Crippen molar-refractivity contribution in [1.29, 1.82) is 0 Å². The third-order valence-electron chi connectivity index (χ3n) is 5.38. The van der Waals surface area contributed by atoms with Crippen LogP contribution in [0.1, 0.15) is 28.6 Å². The first-order valence-electron chi connectivity index (χ1n) is 10.7. The summed E-state index contributed by atoms with van der Waals surface area (Å²) >= 11 is 0. The number of nitrogens with zero attached hydrogens (tertiary/aromatic N) is 3. The van der Waals surface area contributed by atoms with Crippen molar-refractivity contribution in [2.24, 2.45) is 5.11 Å². The second-order valence-electron chi connectivity index (χ2n) is 7.62. The van der Waals surface area contributed by atoms with Gasteiger partial charge in [0.05, 0.1) is 18.8 Å². The molecule has 2 aromatic rings. The van der Waals surface area contributed by atoms with Crippen LogP contribution in [0, 0.1) is 0 Å². The number of hydrogen-bond acceptors (Lipinski definition) is 8. The number of fused-ring (bicyclic) bond motifs is 1. The molecule has 1 N–H and O–H groups in total. The first-order chi connectivity index (χ1) is 16.2. The van der Waals surface area contributed by atoms with Crippen molar-refractivity contribution in [2.75, 3.05) is 19.8 Å². The largest absolute Gasteiger partial charge is 0.450 e. The first-order valence-corrected chi connectivity index (χ1v) is 10.7. The molecule has 2 heterocycles. The monoisotopic (exact) mass is 455 g/mol. The summed E-state index contributed by atoms with van der Waals surface area (Å²) in [5.41, 5.74) is 9.55. The van der Waals surface area contributed by atoms with Gasteiger partial charge in [0.1, 0.15) is 18.3 Å². The quantitative estimate of drug-likeness (QED) is 0.213. The lowest BCUT2D eigenvalue weighted by Gasteiger charge is -2.47. The predicted octanol–water partition coefficient (Wildman–Crippen LogP) is 3.13. The molecule has 2 aromatic carbocycles. The molecule has 2 aliphatic rings. The van der Waals surface area contributed by atoms with E-state index in [1.54, 1.807) is 30.3 Å². The molecule has 2 fully saturated rings. The fourth-order valence-electron chi connectivity index (χ4n) is 3.75. The Kier molecular flexibility index (Phi) is 7.90. The lowest BCUT2D eigenvalue weighted by molar-refractivity contribution is -0.360. The lowest BCUT2D eigenvalue weighted by atomic mass is 9.97. The Morgan fingerprint density at radius 3 is 2.58 bits per heavy atom. The number of hydrogen-bond donors (Lipinski definition) is 1. The highest BCUT2D eigenvalue weighted by molar-refractivity contribution is 5.89. The topological polar surface area (TPSA) is 132 Å². The van der Waals surface area contributed by atoms with Crippen LogP contribution >= 0.6 is 0 Å². The molecule has 0 saturated carbocycles. The third-order valence-corrected chi connectivity index (χ3v) is 5.38. The van der Waals surface area contributed by atoms with E-state index in [1.165, 1.54) is 0 Å². The Morgan fingerprint density at radius 1 is 1.12 bits per heavy atom. The second kappa shape index (κ2) is 11.2. The summed E-state index contributed by atoms with van der Waals surface area (Å²) in [6.07, 6.45) is -5.04. The van der Waals surface area contributed by atoms with Crippen LogP contribution in [0.5, 0.6) is 0 Å². The number of rotatable bonds is 8. The van der Waals surface area contributed by atoms with E-state index in [-0.39, 0.29) is 19.8 Å². The predicted molar refractivity (Wildman–Crippen MR) is 115 cm³/mol. The molecule has 10 heteroatoms. The number of azide groups is 1. The van der Waals surface area contributed by atoms with E-state index in [4.69, 9.17) is 29.2 Å². The van der Waals surface area contributed by atoms with Crippen LogP contribution in [0.2, 0.25) is 0 Å². The maximum Gasteiger partial charge on any atom is 0.338 e. The van der Waals surface area contributed by atoms with Gasteiger partial charge in [-0.1, -0.05) is 53.6 Å². The van der Waals surface area contributed by atoms with Crippen LogP contribution in [-0.4, -0.2) is 61.5 Å². The Morgan fingerprint density at radius 2 is 1.85 bits per heavy atom. The van der Waals surface area contributed by atoms with Crippen LogP contribution in [0.25, 0.3) is 10.4 Å². The minimum Gasteiger partial charge on any atom is -0.450 e. The zero-order chi connectivity index (χ0) is 23.0. The molecule has 0 aromatic heterocycles. The van der Waals surface area contributed by atoms with Crippen LogP contribution in [0.15, 0.2) is 65.8 Å². The Bertz CT molecular complexity index is 955. The highest BCUT2D eigenvalue weighted by atomic mass is 16.8. The van der Waals surface area contributed by atoms with Gasteiger partial charge in [0.15, 0.2) is 18.7 Å². The molecule has 33 heavy (non-hydrogen) atoms. The summed E-state index contributed by atoms with van der Waals surface area (Å²) in [5, 5.41) is 14.6. The minimum absolute atomic E-state index is 0.166. The van der Waals surface area contributed by atoms with Gasteiger partial charge in [-0.2, -0.15) is 0 Å². The summed E-state index contributed by atoms with van der Waals surface area (Å²) in [7, 11) is 0. The van der Waals surface area contributed by atoms with Gasteiger partial charge in [0.2, 0.25) is 0 Å². The van der Waals surface area contributed by atoms with E-state index < -0.39 is 43.0 Å². The fraction of sp³-hybridized carbons (Fsp3) is 0.435. The van der Waals surface area contributed by atoms with Gasteiger partial charge < -0.3 is 28.8 Å². The number of esters is 1. The molecular formula is C23H25N3O7. The van der Waals surface area contributed by atoms with Crippen LogP contribution < -0.4 is 0 Å². The van der Waals surface area contributed by atoms with Crippen molar-refractivity contribution >= 4 is 5.97 Å². The summed E-state index contributed by atoms with van der Waals surface area (Å²) in [6.45, 7) is 0.595. The molecule has 0 spiro atoms. The number of carbonyl (C=O) groups excluding carboxylic acids is 1. The molecule has 10 nitrogen and oxygen atoms in total. The van der Waals surface area contributed by atoms with E-state index in [0.717, 1.165) is 5.56 Å². The molecule has 0 amide bonds. The van der Waals surface area contributed by atoms with Gasteiger partial charge in [-0.15, -0.1) is 0 Å². The normalized spacial score (nSPS) is 28.9. The van der Waals surface area contributed by atoms with Crippen molar-refractivity contribution in [3.8, 4) is 0 Å². The van der Waals surface area contributed by atoms with Crippen molar-refractivity contribution in [1.82, 2.24) is 0 Å². The van der Waals surface area contributed by atoms with Crippen LogP contribution in [0.3, 0.4) is 0 Å². The summed E-state index contributed by atoms with van der Waals surface area (Å²) < 4.78 is 29.2. The highest BCUT2D eigenvalue weighted by Gasteiger charge is 2.51. The number of ether oxygens (including phenoxy) is 5. The Hall–Kier alpha value is -2.98. The summed E-state index contributed by atoms with van der Waals surface area (Å²) in [4.78, 5) is 15.4. The molecule has 2 aliphatic heterocycles. The van der Waals surface area contributed by atoms with E-state index in [1.807, 2.05) is 30.3 Å². The summed E-state index contributed by atoms with van der Waals surface area (Å²) in [5.74, 6) is -0.615. The molecule has 0 aliphatic carbocycles. The lowest BCUT2D eigenvalue weighted by Crippen LogP contribution is -2.63. The highest BCUT2D eigenvalue weighted by Crippen LogP contribution is 2.35. The van der Waals surface area contributed by atoms with E-state index >= 15 is 0 Å². The number of aliphatic hydroxyl groups excluding tert-OH is 1. The number of carbonyl (C=O) groups is 1. The van der Waals surface area contributed by atoms with E-state index in [9.17, 15) is 9.90 Å². The van der Waals surface area contributed by atoms with Gasteiger partial charge in [0.25, 0.3) is 0 Å². The molecule has 6 atom stereocenters. The van der Waals surface area contributed by atoms with Crippen LogP contribution in [0.4, 0.5) is 0 Å². The number of aliphatic hydroxyl groups is 1. The van der Waals surface area contributed by atoms with Gasteiger partial charge in [0, 0.05) is 17.0 Å². The molecular weight excluding hydrogens is 430 g/mol. The zero-order valence-electron chi connectivity index (χ0n) is 17.8. The summed E-state index contributed by atoms with van der Waals surface area (Å²) in [6, 6.07) is 17.8. The van der Waals surface area contributed by atoms with E-state index in [0.29, 0.717) is 12.0 Å². The van der Waals surface area contributed by atoms with Crippen LogP contribution in [-0.2, 0) is 23.7 Å². The van der Waals surface area contributed by atoms with Crippen molar-refractivity contribution in [3.63, 3.8) is 0 Å². The average molecular weight is 455 g/mol. The van der Waals surface area contributed by atoms with Gasteiger partial charge >= 0.3 is 5.97 Å². The van der Waals surface area contributed by atoms with Gasteiger partial charge in [-0.3, -0.25) is 0 Å². The number of benzene rings is 2. The van der Waals surface area contributed by atoms with E-state index in [2.05, 4.69) is 10.0 Å². The van der Waals surface area contributed by atoms with Crippen molar-refractivity contribution in [2.45, 2.75) is 43.4 Å². The molecule has 0 bridgehead atoms. The zero-order valence-corrected chi connectivity index (χ0v) is 17.8. The molecule has 0 radical (unpaired) electrons. The smallest absolute Gasteiger partial charge is 0.338 e. The average Bonchev–Trinajstić information content (AvgIpc) is 2.87. The maximum atomic E-state index is 12.7. The van der Waals surface area contributed by atoms with Crippen molar-refractivity contribution < 1.29 is 33.6 Å². The second-order valence-corrected chi connectivity index (χ2v) is 7.62. The molecule has 2 saturated heterocycles. The SMILES string of the molecule is [N-]=[N+]=NCCCO[C@@H]1OC2COC(c3ccccc3)O[C@H]2C(O)C1OC(=O)c1ccccc1. The minimum atomic E-state index is -1.21. The molecule has 4 unspecified atom stereocenters. The van der Waals surface area contributed by atoms with Gasteiger partial charge in [-0.05, 0) is 24.1 Å². The first kappa shape index (κ1) is 23.2. The fourth-order valence-corrected chi connectivity index (χ4v) is 3.75.